The van der Waals surface area contributed by atoms with Crippen LogP contribution in [0.1, 0.15) is 0 Å². The van der Waals surface area contributed by atoms with Crippen LogP contribution in [0.15, 0.2) is 249 Å². The number of thiophene rings is 2. The largest absolute Gasteiger partial charge is 0.310 e. The molecule has 0 aliphatic carbocycles. The van der Waals surface area contributed by atoms with Gasteiger partial charge in [0, 0.05) is 64.1 Å². The normalized spacial score (nSPS) is 11.4. The van der Waals surface area contributed by atoms with Gasteiger partial charge >= 0.3 is 0 Å². The van der Waals surface area contributed by atoms with Gasteiger partial charge in [0.25, 0.3) is 0 Å². The van der Waals surface area contributed by atoms with Crippen LogP contribution in [0.3, 0.4) is 0 Å². The van der Waals surface area contributed by atoms with Gasteiger partial charge in [0.1, 0.15) is 0 Å². The Morgan fingerprint density at radius 1 is 0.231 bits per heavy atom. The van der Waals surface area contributed by atoms with Gasteiger partial charge < -0.3 is 14.7 Å². The fourth-order valence-electron chi connectivity index (χ4n) is 9.21. The molecule has 308 valence electrons. The number of hydrogen-bond acceptors (Lipinski definition) is 5. The number of rotatable bonds is 10. The number of benzene rings is 10. The summed E-state index contributed by atoms with van der Waals surface area (Å²) in [4.78, 5) is 7.20. The molecule has 2 heterocycles. The Bertz CT molecular complexity index is 3420. The highest BCUT2D eigenvalue weighted by Crippen LogP contribution is 2.49. The minimum absolute atomic E-state index is 1.04. The monoisotopic (exact) mass is 867 g/mol. The highest BCUT2D eigenvalue weighted by Gasteiger charge is 2.24. The average Bonchev–Trinajstić information content (AvgIpc) is 3.95. The molecule has 0 saturated heterocycles. The van der Waals surface area contributed by atoms with Crippen molar-refractivity contribution in [2.24, 2.45) is 0 Å². The van der Waals surface area contributed by atoms with Gasteiger partial charge in [-0.15, -0.1) is 22.7 Å². The summed E-state index contributed by atoms with van der Waals surface area (Å²) in [6.07, 6.45) is 0. The van der Waals surface area contributed by atoms with Crippen molar-refractivity contribution in [2.45, 2.75) is 0 Å². The molecule has 0 saturated carbocycles. The molecule has 0 amide bonds. The molecule has 0 radical (unpaired) electrons. The van der Waals surface area contributed by atoms with Gasteiger partial charge in [-0.3, -0.25) is 0 Å². The van der Waals surface area contributed by atoms with Crippen molar-refractivity contribution < 1.29 is 0 Å². The molecule has 0 bridgehead atoms. The lowest BCUT2D eigenvalue weighted by atomic mass is 10.0. The molecule has 0 aliphatic heterocycles. The Hall–Kier alpha value is -7.96. The lowest BCUT2D eigenvalue weighted by molar-refractivity contribution is 1.23. The topological polar surface area (TPSA) is 9.72 Å². The van der Waals surface area contributed by atoms with E-state index in [0.29, 0.717) is 0 Å². The van der Waals surface area contributed by atoms with Crippen LogP contribution in [0.4, 0.5) is 51.2 Å². The Morgan fingerprint density at radius 3 is 1.17 bits per heavy atom. The SMILES string of the molecule is c1ccc(N(c2ccccc2)c2cc(N(c3ccccc3)c3ccccc3)cc(N(c3ccc(-c4ccc5sc6ccccc6c5c4)cc3)c3cccc4c3sc3ccccc34)c2)cc1. The van der Waals surface area contributed by atoms with E-state index in [4.69, 9.17) is 0 Å². The van der Waals surface area contributed by atoms with Crippen LogP contribution in [0, 0.1) is 0 Å². The number of nitrogens with zero attached hydrogens (tertiary/aromatic N) is 3. The van der Waals surface area contributed by atoms with Gasteiger partial charge in [-0.2, -0.15) is 0 Å². The van der Waals surface area contributed by atoms with E-state index in [1.165, 1.54) is 51.5 Å². The lowest BCUT2D eigenvalue weighted by Gasteiger charge is -2.33. The third kappa shape index (κ3) is 7.17. The van der Waals surface area contributed by atoms with Gasteiger partial charge in [-0.05, 0) is 120 Å². The summed E-state index contributed by atoms with van der Waals surface area (Å²) in [5.74, 6) is 0. The Balaban J connectivity index is 1.11. The second kappa shape index (κ2) is 16.6. The van der Waals surface area contributed by atoms with Gasteiger partial charge in [-0.1, -0.05) is 140 Å². The van der Waals surface area contributed by atoms with Crippen LogP contribution >= 0.6 is 22.7 Å². The summed E-state index contributed by atoms with van der Waals surface area (Å²) in [7, 11) is 0. The van der Waals surface area contributed by atoms with Gasteiger partial charge in [0.2, 0.25) is 0 Å². The molecule has 0 unspecified atom stereocenters. The summed E-state index contributed by atoms with van der Waals surface area (Å²) in [5, 5.41) is 5.14. The zero-order valence-corrected chi connectivity index (χ0v) is 37.0. The van der Waals surface area contributed by atoms with Gasteiger partial charge in [0.05, 0.1) is 27.4 Å². The van der Waals surface area contributed by atoms with Crippen molar-refractivity contribution in [3.63, 3.8) is 0 Å². The van der Waals surface area contributed by atoms with E-state index in [2.05, 4.69) is 263 Å². The van der Waals surface area contributed by atoms with E-state index >= 15 is 0 Å². The molecule has 0 N–H and O–H groups in total. The summed E-state index contributed by atoms with van der Waals surface area (Å²) in [6.45, 7) is 0. The maximum absolute atomic E-state index is 2.46. The second-order valence-electron chi connectivity index (χ2n) is 16.2. The number of fused-ring (bicyclic) bond motifs is 6. The summed E-state index contributed by atoms with van der Waals surface area (Å²) in [5.41, 5.74) is 12.0. The van der Waals surface area contributed by atoms with Crippen molar-refractivity contribution in [3.8, 4) is 11.1 Å². The molecule has 0 spiro atoms. The Kier molecular flexibility index (Phi) is 9.90. The van der Waals surface area contributed by atoms with Gasteiger partial charge in [0.15, 0.2) is 0 Å². The van der Waals surface area contributed by atoms with Gasteiger partial charge in [-0.25, -0.2) is 0 Å². The van der Waals surface area contributed by atoms with E-state index in [9.17, 15) is 0 Å². The smallest absolute Gasteiger partial charge is 0.0640 e. The standard InChI is InChI=1S/C60H41N3S2/c1-5-18-44(19-6-1)61(45-20-7-2-8-21-45)49-39-50(62(46-22-9-3-10-23-46)47-24-11-4-12-25-47)41-51(40-49)63(56-29-17-28-54-52-26-13-16-31-58(52)65-60(54)56)48-35-32-42(33-36-48)43-34-37-59-55(38-43)53-27-14-15-30-57(53)64-59/h1-41H. The number of hydrogen-bond donors (Lipinski definition) is 0. The zero-order valence-electron chi connectivity index (χ0n) is 35.3. The molecule has 0 atom stereocenters. The number of anilines is 9. The van der Waals surface area contributed by atoms with Crippen molar-refractivity contribution in [2.75, 3.05) is 14.7 Å². The number of para-hydroxylation sites is 4. The predicted molar refractivity (Wildman–Crippen MR) is 282 cm³/mol. The van der Waals surface area contributed by atoms with E-state index < -0.39 is 0 Å². The molecular formula is C60H41N3S2. The predicted octanol–water partition coefficient (Wildman–Crippen LogP) is 18.5. The van der Waals surface area contributed by atoms with Crippen LogP contribution in [0.5, 0.6) is 0 Å². The first-order valence-corrected chi connectivity index (χ1v) is 23.5. The van der Waals surface area contributed by atoms with Crippen molar-refractivity contribution in [3.05, 3.63) is 249 Å². The van der Waals surface area contributed by atoms with E-state index in [0.717, 1.165) is 51.2 Å². The highest BCUT2D eigenvalue weighted by atomic mass is 32.1. The van der Waals surface area contributed by atoms with Crippen LogP contribution in [-0.2, 0) is 0 Å². The first-order valence-electron chi connectivity index (χ1n) is 21.9. The maximum Gasteiger partial charge on any atom is 0.0640 e. The molecule has 12 rings (SSSR count). The van der Waals surface area contributed by atoms with Crippen molar-refractivity contribution in [1.29, 1.82) is 0 Å². The molecule has 2 aromatic heterocycles. The first kappa shape index (κ1) is 38.7. The first-order chi connectivity index (χ1) is 32.2. The molecule has 0 aliphatic rings. The fourth-order valence-corrected chi connectivity index (χ4v) is 11.5. The van der Waals surface area contributed by atoms with Crippen LogP contribution in [-0.4, -0.2) is 0 Å². The zero-order chi connectivity index (χ0) is 43.1. The molecule has 5 heteroatoms. The molecular weight excluding hydrogens is 827 g/mol. The second-order valence-corrected chi connectivity index (χ2v) is 18.3. The third-order valence-electron chi connectivity index (χ3n) is 12.2. The Labute approximate surface area is 386 Å². The summed E-state index contributed by atoms with van der Waals surface area (Å²) < 4.78 is 5.14. The third-order valence-corrected chi connectivity index (χ3v) is 14.5. The van der Waals surface area contributed by atoms with Crippen LogP contribution < -0.4 is 14.7 Å². The molecule has 65 heavy (non-hydrogen) atoms. The minimum atomic E-state index is 1.04. The quantitative estimate of drug-likeness (QED) is 0.136. The summed E-state index contributed by atoms with van der Waals surface area (Å²) >= 11 is 3.71. The van der Waals surface area contributed by atoms with E-state index in [1.54, 1.807) is 0 Å². The minimum Gasteiger partial charge on any atom is -0.310 e. The molecule has 0 fully saturated rings. The molecule has 12 aromatic rings. The summed E-state index contributed by atoms with van der Waals surface area (Å²) in [6, 6.07) is 90.1. The van der Waals surface area contributed by atoms with Crippen molar-refractivity contribution in [1.82, 2.24) is 0 Å². The van der Waals surface area contributed by atoms with E-state index in [1.807, 2.05) is 22.7 Å². The molecule has 3 nitrogen and oxygen atoms in total. The lowest BCUT2D eigenvalue weighted by Crippen LogP contribution is -2.16. The maximum atomic E-state index is 2.46. The average molecular weight is 868 g/mol. The Morgan fingerprint density at radius 2 is 0.631 bits per heavy atom. The van der Waals surface area contributed by atoms with E-state index in [-0.39, 0.29) is 0 Å². The van der Waals surface area contributed by atoms with Crippen LogP contribution in [0.25, 0.3) is 51.5 Å². The van der Waals surface area contributed by atoms with Crippen LogP contribution in [0.2, 0.25) is 0 Å². The molecule has 10 aromatic carbocycles. The fraction of sp³-hybridized carbons (Fsp3) is 0. The van der Waals surface area contributed by atoms with Crippen molar-refractivity contribution >= 4 is 114 Å². The highest BCUT2D eigenvalue weighted by molar-refractivity contribution is 7.26.